The molecular weight excluding hydrogens is 222 g/mol. The van der Waals surface area contributed by atoms with Crippen LogP contribution in [-0.2, 0) is 0 Å². The van der Waals surface area contributed by atoms with Crippen molar-refractivity contribution in [3.8, 4) is 12.8 Å². The second kappa shape index (κ2) is 9.38. The normalized spacial score (nSPS) is 17.9. The largest absolute Gasteiger partial charge is 0.399 e. The van der Waals surface area contributed by atoms with Crippen LogP contribution in [0.1, 0.15) is 20.3 Å². The van der Waals surface area contributed by atoms with E-state index in [4.69, 9.17) is 5.73 Å². The van der Waals surface area contributed by atoms with Crippen molar-refractivity contribution in [2.75, 3.05) is 31.2 Å². The number of benzene rings is 1. The molecule has 0 spiro atoms. The molecule has 3 N–H and O–H groups in total. The van der Waals surface area contributed by atoms with E-state index < -0.39 is 0 Å². The van der Waals surface area contributed by atoms with Crippen molar-refractivity contribution in [1.82, 2.24) is 4.90 Å². The predicted octanol–water partition coefficient (Wildman–Crippen LogP) is 2.66. The Labute approximate surface area is 111 Å². The van der Waals surface area contributed by atoms with Gasteiger partial charge in [0.15, 0.2) is 0 Å². The van der Waals surface area contributed by atoms with Gasteiger partial charge in [-0.2, -0.15) is 0 Å². The molecule has 0 saturated carbocycles. The standard InChI is InChI=1S/C11H17N3.C2H6.C2H2/c1-14-7-6-11(8-14)13-10-4-2-9(12)3-5-10;2*1-2/h2-5,11,13H,6-8,12H2,1H3;1-2H3;1-2H. The van der Waals surface area contributed by atoms with E-state index >= 15 is 0 Å². The van der Waals surface area contributed by atoms with Crippen LogP contribution in [0.2, 0.25) is 0 Å². The van der Waals surface area contributed by atoms with Crippen molar-refractivity contribution in [1.29, 1.82) is 0 Å². The molecule has 3 heteroatoms. The minimum absolute atomic E-state index is 0.587. The molecule has 1 atom stereocenters. The number of nitrogens with one attached hydrogen (secondary N) is 1. The third-order valence-electron chi connectivity index (χ3n) is 2.67. The quantitative estimate of drug-likeness (QED) is 0.623. The molecule has 1 fully saturated rings. The molecule has 0 bridgehead atoms. The maximum absolute atomic E-state index is 5.62. The van der Waals surface area contributed by atoms with Crippen molar-refractivity contribution in [2.24, 2.45) is 0 Å². The highest BCUT2D eigenvalue weighted by Crippen LogP contribution is 2.15. The Balaban J connectivity index is 0.000000659. The lowest BCUT2D eigenvalue weighted by Gasteiger charge is -2.14. The van der Waals surface area contributed by atoms with Gasteiger partial charge < -0.3 is 16.0 Å². The van der Waals surface area contributed by atoms with Gasteiger partial charge in [-0.05, 0) is 44.3 Å². The van der Waals surface area contributed by atoms with Crippen LogP contribution < -0.4 is 11.1 Å². The van der Waals surface area contributed by atoms with Crippen LogP contribution >= 0.6 is 0 Å². The van der Waals surface area contributed by atoms with Crippen LogP contribution in [0.3, 0.4) is 0 Å². The third kappa shape index (κ3) is 5.60. The van der Waals surface area contributed by atoms with Crippen molar-refractivity contribution >= 4 is 11.4 Å². The lowest BCUT2D eigenvalue weighted by atomic mass is 10.2. The van der Waals surface area contributed by atoms with Crippen LogP contribution in [0.4, 0.5) is 11.4 Å². The topological polar surface area (TPSA) is 41.3 Å². The molecule has 0 aliphatic carbocycles. The maximum Gasteiger partial charge on any atom is 0.0400 e. The summed E-state index contributed by atoms with van der Waals surface area (Å²) in [7, 11) is 2.16. The average molecular weight is 247 g/mol. The van der Waals surface area contributed by atoms with Gasteiger partial charge in [-0.15, -0.1) is 12.8 Å². The van der Waals surface area contributed by atoms with Gasteiger partial charge in [-0.3, -0.25) is 0 Å². The van der Waals surface area contributed by atoms with Crippen molar-refractivity contribution in [2.45, 2.75) is 26.3 Å². The number of likely N-dealkylation sites (tertiary alicyclic amines) is 1. The number of anilines is 2. The first kappa shape index (κ1) is 16.3. The molecule has 1 heterocycles. The first-order valence-electron chi connectivity index (χ1n) is 6.38. The van der Waals surface area contributed by atoms with E-state index in [-0.39, 0.29) is 0 Å². The zero-order valence-electron chi connectivity index (χ0n) is 11.7. The van der Waals surface area contributed by atoms with Crippen molar-refractivity contribution in [3.63, 3.8) is 0 Å². The van der Waals surface area contributed by atoms with Crippen LogP contribution in [0.5, 0.6) is 0 Å². The van der Waals surface area contributed by atoms with E-state index in [1.807, 2.05) is 38.1 Å². The minimum atomic E-state index is 0.587. The van der Waals surface area contributed by atoms with Gasteiger partial charge in [0.1, 0.15) is 0 Å². The smallest absolute Gasteiger partial charge is 0.0400 e. The van der Waals surface area contributed by atoms with E-state index in [0.29, 0.717) is 6.04 Å². The van der Waals surface area contributed by atoms with Gasteiger partial charge in [-0.1, -0.05) is 13.8 Å². The zero-order valence-corrected chi connectivity index (χ0v) is 11.7. The summed E-state index contributed by atoms with van der Waals surface area (Å²) < 4.78 is 0. The summed E-state index contributed by atoms with van der Waals surface area (Å²) in [6.45, 7) is 6.32. The molecule has 0 amide bonds. The fourth-order valence-electron chi connectivity index (χ4n) is 1.87. The van der Waals surface area contributed by atoms with Gasteiger partial charge in [-0.25, -0.2) is 0 Å². The summed E-state index contributed by atoms with van der Waals surface area (Å²) in [5.41, 5.74) is 7.61. The molecule has 100 valence electrons. The Morgan fingerprint density at radius 1 is 1.22 bits per heavy atom. The summed E-state index contributed by atoms with van der Waals surface area (Å²) in [5.74, 6) is 0. The Bertz CT molecular complexity index is 329. The van der Waals surface area contributed by atoms with Gasteiger partial charge >= 0.3 is 0 Å². The SMILES string of the molecule is C#C.CC.CN1CCC(Nc2ccc(N)cc2)C1. The van der Waals surface area contributed by atoms with Crippen LogP contribution in [0.25, 0.3) is 0 Å². The van der Waals surface area contributed by atoms with Crippen LogP contribution in [-0.4, -0.2) is 31.1 Å². The number of nitrogen functional groups attached to an aromatic ring is 1. The highest BCUT2D eigenvalue weighted by Gasteiger charge is 2.18. The van der Waals surface area contributed by atoms with E-state index in [2.05, 4.69) is 30.1 Å². The molecule has 1 saturated heterocycles. The van der Waals surface area contributed by atoms with E-state index in [1.54, 1.807) is 0 Å². The van der Waals surface area contributed by atoms with Crippen molar-refractivity contribution in [3.05, 3.63) is 24.3 Å². The summed E-state index contributed by atoms with van der Waals surface area (Å²) in [4.78, 5) is 2.34. The summed E-state index contributed by atoms with van der Waals surface area (Å²) in [6.07, 6.45) is 9.22. The van der Waals surface area contributed by atoms with Gasteiger partial charge in [0.05, 0.1) is 0 Å². The monoisotopic (exact) mass is 247 g/mol. The highest BCUT2D eigenvalue weighted by molar-refractivity contribution is 5.51. The first-order valence-corrected chi connectivity index (χ1v) is 6.38. The third-order valence-corrected chi connectivity index (χ3v) is 2.67. The minimum Gasteiger partial charge on any atom is -0.399 e. The number of rotatable bonds is 2. The molecule has 1 aromatic rings. The second-order valence-electron chi connectivity index (χ2n) is 4.01. The van der Waals surface area contributed by atoms with Crippen molar-refractivity contribution < 1.29 is 0 Å². The first-order chi connectivity index (χ1) is 8.74. The van der Waals surface area contributed by atoms with Gasteiger partial charge in [0.25, 0.3) is 0 Å². The number of nitrogens with two attached hydrogens (primary N) is 1. The fraction of sp³-hybridized carbons (Fsp3) is 0.467. The molecule has 2 rings (SSSR count). The molecule has 3 nitrogen and oxygen atoms in total. The predicted molar refractivity (Wildman–Crippen MR) is 81.6 cm³/mol. The zero-order chi connectivity index (χ0) is 14.0. The number of nitrogens with zero attached hydrogens (tertiary/aromatic N) is 1. The fourth-order valence-corrected chi connectivity index (χ4v) is 1.87. The molecule has 18 heavy (non-hydrogen) atoms. The lowest BCUT2D eigenvalue weighted by molar-refractivity contribution is 0.414. The molecule has 1 aliphatic rings. The number of likely N-dealkylation sites (N-methyl/N-ethyl adjacent to an activating group) is 1. The Hall–Kier alpha value is -1.66. The molecule has 1 aliphatic heterocycles. The van der Waals surface area contributed by atoms with Crippen LogP contribution in [0.15, 0.2) is 24.3 Å². The molecular formula is C15H25N3. The molecule has 0 aromatic heterocycles. The van der Waals surface area contributed by atoms with Gasteiger partial charge in [0.2, 0.25) is 0 Å². The Kier molecular flexibility index (Phi) is 8.51. The number of terminal acetylenes is 1. The average Bonchev–Trinajstić information content (AvgIpc) is 2.83. The van der Waals surface area contributed by atoms with E-state index in [9.17, 15) is 0 Å². The molecule has 1 unspecified atom stereocenters. The lowest BCUT2D eigenvalue weighted by Crippen LogP contribution is -2.23. The summed E-state index contributed by atoms with van der Waals surface area (Å²) in [5, 5.41) is 3.50. The van der Waals surface area contributed by atoms with Crippen LogP contribution in [0, 0.1) is 12.8 Å². The summed E-state index contributed by atoms with van der Waals surface area (Å²) >= 11 is 0. The van der Waals surface area contributed by atoms with Gasteiger partial charge in [0, 0.05) is 24.0 Å². The highest BCUT2D eigenvalue weighted by atomic mass is 15.2. The Morgan fingerprint density at radius 2 is 1.78 bits per heavy atom. The maximum atomic E-state index is 5.62. The molecule has 1 aromatic carbocycles. The number of hydrogen-bond acceptors (Lipinski definition) is 3. The molecule has 0 radical (unpaired) electrons. The summed E-state index contributed by atoms with van der Waals surface area (Å²) in [6, 6.07) is 8.52. The van der Waals surface area contributed by atoms with E-state index in [1.165, 1.54) is 18.7 Å². The number of hydrogen-bond donors (Lipinski definition) is 2. The van der Waals surface area contributed by atoms with E-state index in [0.717, 1.165) is 12.2 Å². The Morgan fingerprint density at radius 3 is 2.22 bits per heavy atom. The second-order valence-corrected chi connectivity index (χ2v) is 4.01.